The average Bonchev–Trinajstić information content (AvgIpc) is 2.40. The quantitative estimate of drug-likeness (QED) is 0.845. The van der Waals surface area contributed by atoms with Gasteiger partial charge in [-0.1, -0.05) is 0 Å². The van der Waals surface area contributed by atoms with Crippen LogP contribution in [-0.2, 0) is 4.79 Å². The number of anilines is 1. The van der Waals surface area contributed by atoms with E-state index in [0.29, 0.717) is 12.2 Å². The monoisotopic (exact) mass is 265 g/mol. The normalized spacial score (nSPS) is 12.1. The second-order valence-corrected chi connectivity index (χ2v) is 4.54. The maximum absolute atomic E-state index is 12.0. The van der Waals surface area contributed by atoms with Gasteiger partial charge in [-0.3, -0.25) is 9.78 Å². The molecule has 0 aliphatic carbocycles. The molecule has 0 saturated carbocycles. The zero-order valence-corrected chi connectivity index (χ0v) is 12.1. The number of nitrogens with zero attached hydrogens (tertiary/aromatic N) is 3. The van der Waals surface area contributed by atoms with Gasteiger partial charge < -0.3 is 14.9 Å². The van der Waals surface area contributed by atoms with Crippen molar-refractivity contribution in [3.05, 3.63) is 24.0 Å². The van der Waals surface area contributed by atoms with Crippen molar-refractivity contribution in [1.29, 1.82) is 0 Å². The van der Waals surface area contributed by atoms with E-state index < -0.39 is 6.10 Å². The molecule has 1 heterocycles. The van der Waals surface area contributed by atoms with E-state index in [9.17, 15) is 9.90 Å². The number of pyridine rings is 1. The standard InChI is InChI=1S/C14H23N3O2/c1-5-17(6-2)14(19)10-16(4)12-7-8-13(11(3)18)15-9-12/h7-9,11,18H,5-6,10H2,1-4H3/t11-/m0/s1. The first-order valence-corrected chi connectivity index (χ1v) is 6.62. The van der Waals surface area contributed by atoms with Gasteiger partial charge in [0, 0.05) is 20.1 Å². The summed E-state index contributed by atoms with van der Waals surface area (Å²) in [6.07, 6.45) is 1.11. The lowest BCUT2D eigenvalue weighted by molar-refractivity contribution is -0.129. The molecule has 1 atom stereocenters. The Hall–Kier alpha value is -1.62. The SMILES string of the molecule is CCN(CC)C(=O)CN(C)c1ccc([C@H](C)O)nc1. The number of likely N-dealkylation sites (N-methyl/N-ethyl adjacent to an activating group) is 2. The Kier molecular flexibility index (Phi) is 5.76. The van der Waals surface area contributed by atoms with Crippen molar-refractivity contribution in [2.75, 3.05) is 31.6 Å². The van der Waals surface area contributed by atoms with Crippen LogP contribution in [0, 0.1) is 0 Å². The van der Waals surface area contributed by atoms with Gasteiger partial charge in [-0.25, -0.2) is 0 Å². The molecule has 0 radical (unpaired) electrons. The third-order valence-corrected chi connectivity index (χ3v) is 3.13. The van der Waals surface area contributed by atoms with Crippen LogP contribution in [0.25, 0.3) is 0 Å². The summed E-state index contributed by atoms with van der Waals surface area (Å²) in [5.41, 5.74) is 1.50. The first-order valence-electron chi connectivity index (χ1n) is 6.62. The van der Waals surface area contributed by atoms with Gasteiger partial charge in [-0.05, 0) is 32.9 Å². The number of aliphatic hydroxyl groups is 1. The third-order valence-electron chi connectivity index (χ3n) is 3.13. The van der Waals surface area contributed by atoms with Crippen molar-refractivity contribution in [2.24, 2.45) is 0 Å². The fraction of sp³-hybridized carbons (Fsp3) is 0.571. The summed E-state index contributed by atoms with van der Waals surface area (Å²) in [5, 5.41) is 9.40. The van der Waals surface area contributed by atoms with E-state index in [1.54, 1.807) is 24.1 Å². The lowest BCUT2D eigenvalue weighted by Gasteiger charge is -2.24. The zero-order chi connectivity index (χ0) is 14.4. The molecule has 1 aromatic heterocycles. The van der Waals surface area contributed by atoms with E-state index >= 15 is 0 Å². The minimum Gasteiger partial charge on any atom is -0.387 e. The van der Waals surface area contributed by atoms with Crippen LogP contribution >= 0.6 is 0 Å². The lowest BCUT2D eigenvalue weighted by atomic mass is 10.2. The molecule has 0 unspecified atom stereocenters. The van der Waals surface area contributed by atoms with Crippen LogP contribution in [0.5, 0.6) is 0 Å². The Bertz CT molecular complexity index is 400. The summed E-state index contributed by atoms with van der Waals surface area (Å²) < 4.78 is 0. The number of carbonyl (C=O) groups is 1. The fourth-order valence-electron chi connectivity index (χ4n) is 1.84. The summed E-state index contributed by atoms with van der Waals surface area (Å²) in [5.74, 6) is 0.104. The Balaban J connectivity index is 2.67. The molecule has 0 saturated heterocycles. The Morgan fingerprint density at radius 3 is 2.42 bits per heavy atom. The summed E-state index contributed by atoms with van der Waals surface area (Å²) in [7, 11) is 1.86. The Morgan fingerprint density at radius 2 is 2.00 bits per heavy atom. The van der Waals surface area contributed by atoms with E-state index in [4.69, 9.17) is 0 Å². The highest BCUT2D eigenvalue weighted by molar-refractivity contribution is 5.81. The smallest absolute Gasteiger partial charge is 0.242 e. The Labute approximate surface area is 114 Å². The van der Waals surface area contributed by atoms with Crippen LogP contribution in [0.1, 0.15) is 32.6 Å². The minimum atomic E-state index is -0.573. The van der Waals surface area contributed by atoms with Gasteiger partial charge in [-0.15, -0.1) is 0 Å². The van der Waals surface area contributed by atoms with Crippen molar-refractivity contribution < 1.29 is 9.90 Å². The number of amides is 1. The predicted molar refractivity (Wildman–Crippen MR) is 76.1 cm³/mol. The number of rotatable bonds is 6. The fourth-order valence-corrected chi connectivity index (χ4v) is 1.84. The van der Waals surface area contributed by atoms with Gasteiger partial charge >= 0.3 is 0 Å². The summed E-state index contributed by atoms with van der Waals surface area (Å²) in [6, 6.07) is 3.64. The topological polar surface area (TPSA) is 56.7 Å². The molecule has 5 nitrogen and oxygen atoms in total. The molecule has 5 heteroatoms. The highest BCUT2D eigenvalue weighted by Gasteiger charge is 2.13. The first kappa shape index (κ1) is 15.4. The molecule has 19 heavy (non-hydrogen) atoms. The van der Waals surface area contributed by atoms with E-state index in [1.807, 2.05) is 31.9 Å². The van der Waals surface area contributed by atoms with Crippen molar-refractivity contribution in [2.45, 2.75) is 26.9 Å². The molecule has 1 N–H and O–H groups in total. The maximum atomic E-state index is 12.0. The second kappa shape index (κ2) is 7.09. The number of carbonyl (C=O) groups excluding carboxylic acids is 1. The van der Waals surface area contributed by atoms with Gasteiger partial charge in [0.05, 0.1) is 30.2 Å². The van der Waals surface area contributed by atoms with Gasteiger partial charge in [-0.2, -0.15) is 0 Å². The molecule has 0 fully saturated rings. The number of aromatic nitrogens is 1. The van der Waals surface area contributed by atoms with Crippen LogP contribution in [0.2, 0.25) is 0 Å². The molecule has 0 aliphatic rings. The molecular weight excluding hydrogens is 242 g/mol. The molecule has 0 aliphatic heterocycles. The van der Waals surface area contributed by atoms with Crippen LogP contribution in [0.15, 0.2) is 18.3 Å². The van der Waals surface area contributed by atoms with Gasteiger partial charge in [0.25, 0.3) is 0 Å². The average molecular weight is 265 g/mol. The summed E-state index contributed by atoms with van der Waals surface area (Å²) in [6.45, 7) is 7.40. The number of hydrogen-bond acceptors (Lipinski definition) is 4. The van der Waals surface area contributed by atoms with Gasteiger partial charge in [0.1, 0.15) is 0 Å². The van der Waals surface area contributed by atoms with Crippen LogP contribution < -0.4 is 4.90 Å². The van der Waals surface area contributed by atoms with Crippen molar-refractivity contribution in [1.82, 2.24) is 9.88 Å². The van der Waals surface area contributed by atoms with E-state index in [2.05, 4.69) is 4.98 Å². The van der Waals surface area contributed by atoms with Gasteiger partial charge in [0.2, 0.25) is 5.91 Å². The molecule has 0 bridgehead atoms. The molecule has 1 rings (SSSR count). The van der Waals surface area contributed by atoms with E-state index in [1.165, 1.54) is 0 Å². The molecule has 1 amide bonds. The Morgan fingerprint density at radius 1 is 1.37 bits per heavy atom. The minimum absolute atomic E-state index is 0.104. The largest absolute Gasteiger partial charge is 0.387 e. The molecule has 0 aromatic carbocycles. The third kappa shape index (κ3) is 4.21. The molecular formula is C14H23N3O2. The lowest BCUT2D eigenvalue weighted by Crippen LogP contribution is -2.38. The van der Waals surface area contributed by atoms with Crippen molar-refractivity contribution in [3.63, 3.8) is 0 Å². The second-order valence-electron chi connectivity index (χ2n) is 4.54. The molecule has 106 valence electrons. The van der Waals surface area contributed by atoms with Crippen molar-refractivity contribution in [3.8, 4) is 0 Å². The van der Waals surface area contributed by atoms with E-state index in [-0.39, 0.29) is 5.91 Å². The highest BCUT2D eigenvalue weighted by atomic mass is 16.3. The molecule has 1 aromatic rings. The zero-order valence-electron chi connectivity index (χ0n) is 12.1. The van der Waals surface area contributed by atoms with Crippen molar-refractivity contribution >= 4 is 11.6 Å². The first-order chi connectivity index (χ1) is 8.99. The number of hydrogen-bond donors (Lipinski definition) is 1. The summed E-state index contributed by atoms with van der Waals surface area (Å²) in [4.78, 5) is 19.8. The van der Waals surface area contributed by atoms with E-state index in [0.717, 1.165) is 18.8 Å². The van der Waals surface area contributed by atoms with Gasteiger partial charge in [0.15, 0.2) is 0 Å². The van der Waals surface area contributed by atoms with Crippen LogP contribution in [0.4, 0.5) is 5.69 Å². The predicted octanol–water partition coefficient (Wildman–Crippen LogP) is 1.44. The van der Waals surface area contributed by atoms with Crippen LogP contribution in [-0.4, -0.2) is 47.6 Å². The van der Waals surface area contributed by atoms with Crippen LogP contribution in [0.3, 0.4) is 0 Å². The highest BCUT2D eigenvalue weighted by Crippen LogP contribution is 2.15. The summed E-state index contributed by atoms with van der Waals surface area (Å²) >= 11 is 0. The molecule has 0 spiro atoms. The maximum Gasteiger partial charge on any atom is 0.242 e. The number of aliphatic hydroxyl groups excluding tert-OH is 1.